The fourth-order valence-corrected chi connectivity index (χ4v) is 1.13. The van der Waals surface area contributed by atoms with Gasteiger partial charge in [0.2, 0.25) is 11.9 Å². The summed E-state index contributed by atoms with van der Waals surface area (Å²) in [6, 6.07) is 0. The Morgan fingerprint density at radius 2 is 2.27 bits per heavy atom. The third-order valence-corrected chi connectivity index (χ3v) is 1.53. The Balaban J connectivity index is 2.26. The molecule has 0 aliphatic carbocycles. The minimum Gasteiger partial charge on any atom is -0.461 e. The van der Waals surface area contributed by atoms with Crippen molar-refractivity contribution in [2.45, 2.75) is 25.7 Å². The number of carbonyl (C=O) groups excluding carboxylic acids is 1. The highest BCUT2D eigenvalue weighted by Gasteiger charge is 2.46. The average Bonchev–Trinajstić information content (AvgIpc) is 2.31. The molecule has 0 aromatic carbocycles. The molecule has 0 radical (unpaired) electrons. The second-order valence-corrected chi connectivity index (χ2v) is 2.96. The van der Waals surface area contributed by atoms with Crippen LogP contribution in [0.1, 0.15) is 13.8 Å². The molecule has 1 fully saturated rings. The van der Waals surface area contributed by atoms with Gasteiger partial charge in [-0.1, -0.05) is 0 Å². The highest BCUT2D eigenvalue weighted by atomic mass is 16.8. The zero-order chi connectivity index (χ0) is 8.06. The molecule has 0 aromatic rings. The first-order chi connectivity index (χ1) is 5.08. The molecule has 4 nitrogen and oxygen atoms in total. The van der Waals surface area contributed by atoms with E-state index in [4.69, 9.17) is 9.47 Å². The van der Waals surface area contributed by atoms with E-state index in [2.05, 4.69) is 4.74 Å². The molecule has 0 unspecified atom stereocenters. The number of esters is 1. The van der Waals surface area contributed by atoms with Gasteiger partial charge < -0.3 is 14.2 Å². The topological polar surface area (TPSA) is 44.8 Å². The third kappa shape index (κ3) is 0.903. The Labute approximate surface area is 63.7 Å². The first-order valence-corrected chi connectivity index (χ1v) is 3.36. The number of cyclic esters (lactones) is 1. The molecule has 1 saturated heterocycles. The molecule has 2 aliphatic rings. The van der Waals surface area contributed by atoms with Crippen molar-refractivity contribution >= 4 is 5.97 Å². The van der Waals surface area contributed by atoms with E-state index in [-0.39, 0.29) is 0 Å². The normalized spacial score (nSPS) is 32.4. The average molecular weight is 156 g/mol. The van der Waals surface area contributed by atoms with Crippen molar-refractivity contribution in [2.75, 3.05) is 0 Å². The van der Waals surface area contributed by atoms with Crippen molar-refractivity contribution in [1.29, 1.82) is 0 Å². The maximum absolute atomic E-state index is 10.9. The minimum atomic E-state index is -0.698. The smallest absolute Gasteiger partial charge is 0.348 e. The molecule has 11 heavy (non-hydrogen) atoms. The number of ether oxygens (including phenoxy) is 3. The van der Waals surface area contributed by atoms with Crippen LogP contribution in [-0.4, -0.2) is 17.9 Å². The van der Waals surface area contributed by atoms with Crippen LogP contribution in [0.2, 0.25) is 0 Å². The first-order valence-electron chi connectivity index (χ1n) is 3.36. The predicted molar refractivity (Wildman–Crippen MR) is 34.2 cm³/mol. The van der Waals surface area contributed by atoms with Crippen molar-refractivity contribution in [3.8, 4) is 0 Å². The Morgan fingerprint density at radius 1 is 1.55 bits per heavy atom. The van der Waals surface area contributed by atoms with Crippen LogP contribution in [0, 0.1) is 0 Å². The Hall–Kier alpha value is -1.03. The van der Waals surface area contributed by atoms with Crippen LogP contribution < -0.4 is 0 Å². The largest absolute Gasteiger partial charge is 0.461 e. The van der Waals surface area contributed by atoms with Crippen molar-refractivity contribution in [3.63, 3.8) is 0 Å². The van der Waals surface area contributed by atoms with Gasteiger partial charge in [-0.15, -0.1) is 0 Å². The first kappa shape index (κ1) is 6.67. The quantitative estimate of drug-likeness (QED) is 0.480. The van der Waals surface area contributed by atoms with Gasteiger partial charge >= 0.3 is 5.97 Å². The van der Waals surface area contributed by atoms with E-state index in [0.717, 1.165) is 0 Å². The standard InChI is InChI=1S/C7H8O4/c1-7(2)10-4-3-9-6(8)5(4)11-7/h3,5H,1-2H3/t5-/m1/s1. The van der Waals surface area contributed by atoms with Crippen LogP contribution in [0.3, 0.4) is 0 Å². The summed E-state index contributed by atoms with van der Waals surface area (Å²) in [5.74, 6) is -0.624. The van der Waals surface area contributed by atoms with Crippen LogP contribution in [0.25, 0.3) is 0 Å². The van der Waals surface area contributed by atoms with Crippen LogP contribution in [0.4, 0.5) is 0 Å². The molecule has 4 heteroatoms. The molecule has 60 valence electrons. The highest BCUT2D eigenvalue weighted by Crippen LogP contribution is 2.34. The van der Waals surface area contributed by atoms with E-state index in [1.807, 2.05) is 0 Å². The van der Waals surface area contributed by atoms with Crippen molar-refractivity contribution in [2.24, 2.45) is 0 Å². The summed E-state index contributed by atoms with van der Waals surface area (Å²) in [6.07, 6.45) is 0.659. The van der Waals surface area contributed by atoms with Crippen LogP contribution in [0.15, 0.2) is 12.0 Å². The summed E-state index contributed by atoms with van der Waals surface area (Å²) >= 11 is 0. The number of hydrogen-bond acceptors (Lipinski definition) is 4. The second-order valence-electron chi connectivity index (χ2n) is 2.96. The molecule has 0 amide bonds. The SMILES string of the molecule is CC1(C)OC2=COC(=O)[C@@H]2O1. The van der Waals surface area contributed by atoms with Gasteiger partial charge in [-0.2, -0.15) is 0 Å². The zero-order valence-corrected chi connectivity index (χ0v) is 6.29. The van der Waals surface area contributed by atoms with Crippen LogP contribution >= 0.6 is 0 Å². The summed E-state index contributed by atoms with van der Waals surface area (Å²) in [6.45, 7) is 3.50. The van der Waals surface area contributed by atoms with Gasteiger partial charge in [-0.05, 0) is 0 Å². The molecule has 1 atom stereocenters. The summed E-state index contributed by atoms with van der Waals surface area (Å²) in [5.41, 5.74) is 0. The molecule has 0 spiro atoms. The molecule has 2 heterocycles. The van der Waals surface area contributed by atoms with Crippen molar-refractivity contribution in [1.82, 2.24) is 0 Å². The van der Waals surface area contributed by atoms with Gasteiger partial charge in [0.05, 0.1) is 0 Å². The number of carbonyl (C=O) groups is 1. The van der Waals surface area contributed by atoms with E-state index < -0.39 is 17.9 Å². The fraction of sp³-hybridized carbons (Fsp3) is 0.571. The summed E-state index contributed by atoms with van der Waals surface area (Å²) in [5, 5.41) is 0. The number of hydrogen-bond donors (Lipinski definition) is 0. The second kappa shape index (κ2) is 1.76. The summed E-state index contributed by atoms with van der Waals surface area (Å²) in [7, 11) is 0. The Morgan fingerprint density at radius 3 is 2.91 bits per heavy atom. The lowest BCUT2D eigenvalue weighted by Crippen LogP contribution is -2.25. The van der Waals surface area contributed by atoms with E-state index in [1.54, 1.807) is 13.8 Å². The van der Waals surface area contributed by atoms with Gasteiger partial charge in [0.15, 0.2) is 5.76 Å². The van der Waals surface area contributed by atoms with Gasteiger partial charge in [-0.3, -0.25) is 0 Å². The summed E-state index contributed by atoms with van der Waals surface area (Å²) in [4.78, 5) is 10.9. The lowest BCUT2D eigenvalue weighted by molar-refractivity contribution is -0.166. The predicted octanol–water partition coefficient (Wildman–Crippen LogP) is 0.536. The van der Waals surface area contributed by atoms with Gasteiger partial charge in [0.25, 0.3) is 0 Å². The maximum atomic E-state index is 10.9. The molecule has 0 N–H and O–H groups in total. The molecule has 2 aliphatic heterocycles. The Kier molecular flexibility index (Phi) is 1.07. The summed E-state index contributed by atoms with van der Waals surface area (Å²) < 4.78 is 15.0. The molecule has 2 rings (SSSR count). The highest BCUT2D eigenvalue weighted by molar-refractivity contribution is 5.81. The third-order valence-electron chi connectivity index (χ3n) is 1.53. The molecular formula is C7H8O4. The zero-order valence-electron chi connectivity index (χ0n) is 6.29. The lowest BCUT2D eigenvalue weighted by atomic mass is 10.3. The van der Waals surface area contributed by atoms with Gasteiger partial charge in [-0.25, -0.2) is 4.79 Å². The van der Waals surface area contributed by atoms with E-state index in [0.29, 0.717) is 5.76 Å². The van der Waals surface area contributed by atoms with E-state index >= 15 is 0 Å². The van der Waals surface area contributed by atoms with Gasteiger partial charge in [0.1, 0.15) is 6.26 Å². The van der Waals surface area contributed by atoms with E-state index in [9.17, 15) is 4.79 Å². The van der Waals surface area contributed by atoms with Crippen molar-refractivity contribution < 1.29 is 19.0 Å². The molecule has 0 aromatic heterocycles. The Bertz CT molecular complexity index is 241. The molecular weight excluding hydrogens is 148 g/mol. The number of rotatable bonds is 0. The van der Waals surface area contributed by atoms with Crippen LogP contribution in [-0.2, 0) is 19.0 Å². The fourth-order valence-electron chi connectivity index (χ4n) is 1.13. The molecule has 0 saturated carbocycles. The van der Waals surface area contributed by atoms with Crippen LogP contribution in [0.5, 0.6) is 0 Å². The van der Waals surface area contributed by atoms with Gasteiger partial charge in [0, 0.05) is 13.8 Å². The van der Waals surface area contributed by atoms with Crippen molar-refractivity contribution in [3.05, 3.63) is 12.0 Å². The monoisotopic (exact) mass is 156 g/mol. The number of fused-ring (bicyclic) bond motifs is 1. The van der Waals surface area contributed by atoms with E-state index in [1.165, 1.54) is 6.26 Å². The maximum Gasteiger partial charge on any atom is 0.348 e. The lowest BCUT2D eigenvalue weighted by Gasteiger charge is -2.16. The minimum absolute atomic E-state index is 0.398. The molecule has 0 bridgehead atoms.